The van der Waals surface area contributed by atoms with Crippen molar-refractivity contribution in [2.45, 2.75) is 25.7 Å². The van der Waals surface area contributed by atoms with Crippen molar-refractivity contribution in [3.05, 3.63) is 70.3 Å². The Morgan fingerprint density at radius 3 is 2.72 bits per heavy atom. The van der Waals surface area contributed by atoms with Crippen molar-refractivity contribution < 1.29 is 9.53 Å². The van der Waals surface area contributed by atoms with Crippen LogP contribution in [0.2, 0.25) is 0 Å². The Hall–Kier alpha value is -2.91. The van der Waals surface area contributed by atoms with E-state index in [-0.39, 0.29) is 11.8 Å². The van der Waals surface area contributed by atoms with Crippen LogP contribution in [0.25, 0.3) is 0 Å². The molecule has 0 radical (unpaired) electrons. The van der Waals surface area contributed by atoms with Gasteiger partial charge < -0.3 is 9.64 Å². The number of fused-ring (bicyclic) bond motifs is 1. The first-order valence-corrected chi connectivity index (χ1v) is 10.7. The van der Waals surface area contributed by atoms with Crippen LogP contribution in [0.4, 0.5) is 5.69 Å². The summed E-state index contributed by atoms with van der Waals surface area (Å²) in [6.07, 6.45) is 1.30. The van der Waals surface area contributed by atoms with Crippen molar-refractivity contribution in [3.63, 3.8) is 0 Å². The van der Waals surface area contributed by atoms with Crippen LogP contribution in [0.5, 0.6) is 5.75 Å². The Labute approximate surface area is 175 Å². The predicted octanol–water partition coefficient (Wildman–Crippen LogP) is 4.48. The molecule has 2 heterocycles. The Morgan fingerprint density at radius 2 is 2.03 bits per heavy atom. The quantitative estimate of drug-likeness (QED) is 0.751. The fourth-order valence-corrected chi connectivity index (χ4v) is 4.98. The molecular weight excluding hydrogens is 382 g/mol. The van der Waals surface area contributed by atoms with Gasteiger partial charge in [0.2, 0.25) is 5.91 Å². The zero-order valence-corrected chi connectivity index (χ0v) is 17.4. The molecule has 1 saturated heterocycles. The minimum absolute atomic E-state index is 0.0502. The van der Waals surface area contributed by atoms with E-state index in [1.807, 2.05) is 24.3 Å². The molecule has 1 fully saturated rings. The smallest absolute Gasteiger partial charge is 0.229 e. The lowest BCUT2D eigenvalue weighted by molar-refractivity contribution is -0.129. The number of ether oxygens (including phenoxy) is 1. The van der Waals surface area contributed by atoms with Crippen molar-refractivity contribution in [1.29, 1.82) is 5.26 Å². The van der Waals surface area contributed by atoms with Gasteiger partial charge in [-0.15, -0.1) is 0 Å². The van der Waals surface area contributed by atoms with E-state index in [0.29, 0.717) is 24.5 Å². The van der Waals surface area contributed by atoms with Crippen molar-refractivity contribution in [3.8, 4) is 11.8 Å². The lowest BCUT2D eigenvalue weighted by Crippen LogP contribution is -2.47. The van der Waals surface area contributed by atoms with Gasteiger partial charge in [-0.05, 0) is 41.8 Å². The van der Waals surface area contributed by atoms with Crippen LogP contribution in [0.3, 0.4) is 0 Å². The Kier molecular flexibility index (Phi) is 5.50. The molecule has 5 nitrogen and oxygen atoms in total. The molecule has 2 aliphatic heterocycles. The minimum atomic E-state index is -0.225. The zero-order chi connectivity index (χ0) is 20.4. The molecule has 2 aliphatic rings. The molecule has 4 rings (SSSR count). The number of nitriles is 1. The number of methoxy groups -OCH3 is 1. The second-order valence-electron chi connectivity index (χ2n) is 7.16. The van der Waals surface area contributed by atoms with Crippen LogP contribution in [-0.2, 0) is 11.2 Å². The Balaban J connectivity index is 1.63. The summed E-state index contributed by atoms with van der Waals surface area (Å²) in [4.78, 5) is 17.0. The maximum absolute atomic E-state index is 13.0. The van der Waals surface area contributed by atoms with Gasteiger partial charge in [0.15, 0.2) is 0 Å². The maximum atomic E-state index is 13.0. The molecule has 0 spiro atoms. The number of nitrogens with zero attached hydrogens (tertiary/aromatic N) is 3. The second-order valence-corrected chi connectivity index (χ2v) is 8.09. The number of hydrogen-bond donors (Lipinski definition) is 0. The lowest BCUT2D eigenvalue weighted by Gasteiger charge is -2.42. The second kappa shape index (κ2) is 8.22. The molecule has 0 aromatic heterocycles. The topological polar surface area (TPSA) is 56.6 Å². The average molecular weight is 406 g/mol. The summed E-state index contributed by atoms with van der Waals surface area (Å²) in [7, 11) is 1.62. The molecular formula is C23H23N3O2S. The zero-order valence-electron chi connectivity index (χ0n) is 16.6. The number of thioether (sulfide) groups is 1. The van der Waals surface area contributed by atoms with E-state index in [1.165, 1.54) is 5.56 Å². The first-order valence-electron chi connectivity index (χ1n) is 9.69. The van der Waals surface area contributed by atoms with Crippen LogP contribution >= 0.6 is 11.8 Å². The molecule has 2 aromatic rings. The lowest BCUT2D eigenvalue weighted by atomic mass is 9.86. The molecule has 1 amide bonds. The van der Waals surface area contributed by atoms with E-state index in [1.54, 1.807) is 23.8 Å². The Morgan fingerprint density at radius 1 is 1.24 bits per heavy atom. The molecule has 0 unspecified atom stereocenters. The van der Waals surface area contributed by atoms with Gasteiger partial charge in [-0.2, -0.15) is 5.26 Å². The van der Waals surface area contributed by atoms with Crippen LogP contribution in [-0.4, -0.2) is 30.5 Å². The molecule has 0 saturated carbocycles. The largest absolute Gasteiger partial charge is 0.497 e. The van der Waals surface area contributed by atoms with Gasteiger partial charge in [-0.3, -0.25) is 9.69 Å². The van der Waals surface area contributed by atoms with Gasteiger partial charge in [-0.25, -0.2) is 0 Å². The third-order valence-corrected chi connectivity index (χ3v) is 6.65. The van der Waals surface area contributed by atoms with Gasteiger partial charge in [0.25, 0.3) is 0 Å². The highest BCUT2D eigenvalue weighted by atomic mass is 32.2. The monoisotopic (exact) mass is 405 g/mol. The normalized spacial score (nSPS) is 19.1. The fourth-order valence-electron chi connectivity index (χ4n) is 3.81. The molecule has 29 heavy (non-hydrogen) atoms. The highest BCUT2D eigenvalue weighted by molar-refractivity contribution is 8.03. The summed E-state index contributed by atoms with van der Waals surface area (Å²) >= 11 is 1.56. The number of carbonyl (C=O) groups excluding carboxylic acids is 1. The molecule has 1 atom stereocenters. The standard InChI is InChI=1S/C23H23N3O2S/c1-3-16-7-9-18(10-8-16)25-14-26-22(27)12-20(21(13-24)23(26)29-15-25)17-5-4-6-19(11-17)28-2/h4-11,20H,3,12,14-15H2,1-2H3/t20-/m0/s1. The van der Waals surface area contributed by atoms with Crippen molar-refractivity contribution in [2.24, 2.45) is 0 Å². The molecule has 6 heteroatoms. The van der Waals surface area contributed by atoms with E-state index in [4.69, 9.17) is 4.74 Å². The summed E-state index contributed by atoms with van der Waals surface area (Å²) in [6.45, 7) is 2.61. The molecule has 0 bridgehead atoms. The third kappa shape index (κ3) is 3.70. The number of hydrogen-bond acceptors (Lipinski definition) is 5. The molecule has 0 aliphatic carbocycles. The van der Waals surface area contributed by atoms with Gasteiger partial charge in [0.05, 0.1) is 36.3 Å². The molecule has 0 N–H and O–H groups in total. The van der Waals surface area contributed by atoms with Crippen LogP contribution in [0, 0.1) is 11.3 Å². The van der Waals surface area contributed by atoms with E-state index < -0.39 is 0 Å². The number of amides is 1. The number of benzene rings is 2. The summed E-state index contributed by atoms with van der Waals surface area (Å²) in [5, 5.41) is 10.7. The van der Waals surface area contributed by atoms with E-state index in [9.17, 15) is 10.1 Å². The highest BCUT2D eigenvalue weighted by Crippen LogP contribution is 2.43. The van der Waals surface area contributed by atoms with Crippen LogP contribution in [0.15, 0.2) is 59.1 Å². The molecule has 2 aromatic carbocycles. The number of anilines is 1. The summed E-state index contributed by atoms with van der Waals surface area (Å²) in [5.74, 6) is 1.27. The highest BCUT2D eigenvalue weighted by Gasteiger charge is 2.38. The first-order chi connectivity index (χ1) is 14.1. The van der Waals surface area contributed by atoms with Gasteiger partial charge in [-0.1, -0.05) is 43.0 Å². The Bertz CT molecular complexity index is 994. The van der Waals surface area contributed by atoms with Crippen LogP contribution < -0.4 is 9.64 Å². The minimum Gasteiger partial charge on any atom is -0.497 e. The fraction of sp³-hybridized carbons (Fsp3) is 0.304. The number of rotatable bonds is 4. The van der Waals surface area contributed by atoms with E-state index in [2.05, 4.69) is 42.2 Å². The van der Waals surface area contributed by atoms with Gasteiger partial charge >= 0.3 is 0 Å². The number of carbonyl (C=O) groups is 1. The molecule has 148 valence electrons. The van der Waals surface area contributed by atoms with E-state index >= 15 is 0 Å². The summed E-state index contributed by atoms with van der Waals surface area (Å²) in [5.41, 5.74) is 4.00. The van der Waals surface area contributed by atoms with Gasteiger partial charge in [0, 0.05) is 18.0 Å². The third-order valence-electron chi connectivity index (χ3n) is 5.50. The van der Waals surface area contributed by atoms with Crippen LogP contribution in [0.1, 0.15) is 30.4 Å². The summed E-state index contributed by atoms with van der Waals surface area (Å²) in [6, 6.07) is 18.5. The first kappa shape index (κ1) is 19.4. The summed E-state index contributed by atoms with van der Waals surface area (Å²) < 4.78 is 5.32. The van der Waals surface area contributed by atoms with Crippen molar-refractivity contribution in [2.75, 3.05) is 24.6 Å². The number of allylic oxidation sites excluding steroid dienone is 1. The van der Waals surface area contributed by atoms with Crippen molar-refractivity contribution >= 4 is 23.4 Å². The predicted molar refractivity (Wildman–Crippen MR) is 115 cm³/mol. The van der Waals surface area contributed by atoms with Crippen molar-refractivity contribution in [1.82, 2.24) is 4.90 Å². The number of aryl methyl sites for hydroxylation is 1. The SMILES string of the molecule is CCc1ccc(N2CSC3=C(C#N)[C@H](c4cccc(OC)c4)CC(=O)N3C2)cc1. The van der Waals surface area contributed by atoms with E-state index in [0.717, 1.165) is 28.5 Å². The van der Waals surface area contributed by atoms with Gasteiger partial charge in [0.1, 0.15) is 5.75 Å². The average Bonchev–Trinajstić information content (AvgIpc) is 2.79. The maximum Gasteiger partial charge on any atom is 0.229 e.